The fourth-order valence-corrected chi connectivity index (χ4v) is 1.91. The van der Waals surface area contributed by atoms with Crippen molar-refractivity contribution in [3.8, 4) is 5.69 Å². The molecule has 2 aromatic rings. The molecule has 0 aliphatic rings. The Morgan fingerprint density at radius 1 is 1.50 bits per heavy atom. The first-order chi connectivity index (χ1) is 7.59. The Balaban J connectivity index is 2.53. The molecule has 4 nitrogen and oxygen atoms in total. The van der Waals surface area contributed by atoms with Crippen molar-refractivity contribution in [3.63, 3.8) is 0 Å². The van der Waals surface area contributed by atoms with Gasteiger partial charge in [0.2, 0.25) is 0 Å². The lowest BCUT2D eigenvalue weighted by Gasteiger charge is -2.04. The number of amides is 1. The van der Waals surface area contributed by atoms with Gasteiger partial charge in [-0.3, -0.25) is 4.79 Å². The summed E-state index contributed by atoms with van der Waals surface area (Å²) >= 11 is 3.39. The van der Waals surface area contributed by atoms with Crippen LogP contribution in [0.1, 0.15) is 16.1 Å². The van der Waals surface area contributed by atoms with E-state index in [0.29, 0.717) is 5.56 Å². The molecule has 0 aliphatic heterocycles. The van der Waals surface area contributed by atoms with Gasteiger partial charge in [0.1, 0.15) is 0 Å². The summed E-state index contributed by atoms with van der Waals surface area (Å²) in [5.74, 6) is -0.459. The third-order valence-corrected chi connectivity index (χ3v) is 2.82. The van der Waals surface area contributed by atoms with E-state index in [-0.39, 0.29) is 0 Å². The summed E-state index contributed by atoms with van der Waals surface area (Å²) in [6.45, 7) is 1.81. The molecule has 0 saturated carbocycles. The minimum atomic E-state index is -0.459. The van der Waals surface area contributed by atoms with Crippen molar-refractivity contribution in [1.29, 1.82) is 0 Å². The number of hydrogen-bond acceptors (Lipinski definition) is 2. The zero-order valence-electron chi connectivity index (χ0n) is 8.64. The summed E-state index contributed by atoms with van der Waals surface area (Å²) in [5.41, 5.74) is 7.31. The Hall–Kier alpha value is -1.62. The van der Waals surface area contributed by atoms with Crippen molar-refractivity contribution < 1.29 is 4.79 Å². The standard InChI is InChI=1S/C11H10BrN3O/c1-7-10(11(13)16)6-14-15(7)9-4-2-3-8(12)5-9/h2-6H,1H3,(H2,13,16). The van der Waals surface area contributed by atoms with Crippen LogP contribution < -0.4 is 5.73 Å². The fraction of sp³-hybridized carbons (Fsp3) is 0.0909. The Morgan fingerprint density at radius 3 is 2.81 bits per heavy atom. The van der Waals surface area contributed by atoms with Gasteiger partial charge < -0.3 is 5.73 Å². The van der Waals surface area contributed by atoms with Crippen LogP contribution in [-0.4, -0.2) is 15.7 Å². The van der Waals surface area contributed by atoms with Crippen LogP contribution >= 0.6 is 15.9 Å². The Bertz CT molecular complexity index is 548. The van der Waals surface area contributed by atoms with Gasteiger partial charge in [0.25, 0.3) is 5.91 Å². The zero-order valence-corrected chi connectivity index (χ0v) is 10.2. The van der Waals surface area contributed by atoms with Crippen LogP contribution in [-0.2, 0) is 0 Å². The van der Waals surface area contributed by atoms with Gasteiger partial charge in [0.15, 0.2) is 0 Å². The average molecular weight is 280 g/mol. The minimum Gasteiger partial charge on any atom is -0.365 e. The lowest BCUT2D eigenvalue weighted by Crippen LogP contribution is -2.12. The molecule has 1 amide bonds. The van der Waals surface area contributed by atoms with Gasteiger partial charge in [-0.1, -0.05) is 22.0 Å². The zero-order chi connectivity index (χ0) is 11.7. The number of halogens is 1. The van der Waals surface area contributed by atoms with Gasteiger partial charge in [-0.2, -0.15) is 5.10 Å². The van der Waals surface area contributed by atoms with Crippen molar-refractivity contribution >= 4 is 21.8 Å². The number of benzene rings is 1. The maximum Gasteiger partial charge on any atom is 0.252 e. The molecule has 0 bridgehead atoms. The van der Waals surface area contributed by atoms with E-state index in [1.165, 1.54) is 6.20 Å². The molecule has 0 spiro atoms. The summed E-state index contributed by atoms with van der Waals surface area (Å²) in [4.78, 5) is 11.1. The summed E-state index contributed by atoms with van der Waals surface area (Å²) < 4.78 is 2.64. The molecule has 0 aliphatic carbocycles. The lowest BCUT2D eigenvalue weighted by molar-refractivity contribution is 0.0999. The van der Waals surface area contributed by atoms with Gasteiger partial charge in [-0.15, -0.1) is 0 Å². The minimum absolute atomic E-state index is 0.444. The summed E-state index contributed by atoms with van der Waals surface area (Å²) in [5, 5.41) is 4.14. The highest BCUT2D eigenvalue weighted by atomic mass is 79.9. The maximum atomic E-state index is 11.1. The van der Waals surface area contributed by atoms with E-state index >= 15 is 0 Å². The number of nitrogens with zero attached hydrogens (tertiary/aromatic N) is 2. The van der Waals surface area contributed by atoms with E-state index in [2.05, 4.69) is 21.0 Å². The molecular formula is C11H10BrN3O. The molecule has 1 heterocycles. The van der Waals surface area contributed by atoms with E-state index in [0.717, 1.165) is 15.9 Å². The van der Waals surface area contributed by atoms with Crippen LogP contribution in [0.5, 0.6) is 0 Å². The first-order valence-electron chi connectivity index (χ1n) is 4.70. The molecular weight excluding hydrogens is 270 g/mol. The Labute approximate surface area is 101 Å². The highest BCUT2D eigenvalue weighted by Crippen LogP contribution is 2.17. The first kappa shape index (κ1) is 10.9. The predicted octanol–water partition coefficient (Wildman–Crippen LogP) is 2.04. The average Bonchev–Trinajstić information content (AvgIpc) is 2.60. The van der Waals surface area contributed by atoms with Crippen LogP contribution in [0.15, 0.2) is 34.9 Å². The monoisotopic (exact) mass is 279 g/mol. The van der Waals surface area contributed by atoms with E-state index < -0.39 is 5.91 Å². The van der Waals surface area contributed by atoms with Crippen molar-refractivity contribution in [2.24, 2.45) is 5.73 Å². The van der Waals surface area contributed by atoms with Gasteiger partial charge in [0.05, 0.1) is 23.1 Å². The quantitative estimate of drug-likeness (QED) is 0.915. The van der Waals surface area contributed by atoms with E-state index in [9.17, 15) is 4.79 Å². The van der Waals surface area contributed by atoms with E-state index in [4.69, 9.17) is 5.73 Å². The molecule has 82 valence electrons. The van der Waals surface area contributed by atoms with Crippen LogP contribution in [0.25, 0.3) is 5.69 Å². The molecule has 5 heteroatoms. The number of rotatable bonds is 2. The van der Waals surface area contributed by atoms with Crippen LogP contribution in [0.3, 0.4) is 0 Å². The van der Waals surface area contributed by atoms with Crippen molar-refractivity contribution in [2.45, 2.75) is 6.92 Å². The second-order valence-corrected chi connectivity index (χ2v) is 4.32. The first-order valence-corrected chi connectivity index (χ1v) is 5.49. The van der Waals surface area contributed by atoms with E-state index in [1.54, 1.807) is 4.68 Å². The lowest BCUT2D eigenvalue weighted by atomic mass is 10.2. The third kappa shape index (κ3) is 1.86. The number of carbonyl (C=O) groups excluding carboxylic acids is 1. The highest BCUT2D eigenvalue weighted by Gasteiger charge is 2.11. The van der Waals surface area contributed by atoms with Crippen LogP contribution in [0, 0.1) is 6.92 Å². The molecule has 1 aromatic carbocycles. The van der Waals surface area contributed by atoms with E-state index in [1.807, 2.05) is 31.2 Å². The summed E-state index contributed by atoms with van der Waals surface area (Å²) in [7, 11) is 0. The number of hydrogen-bond donors (Lipinski definition) is 1. The molecule has 0 unspecified atom stereocenters. The van der Waals surface area contributed by atoms with Crippen LogP contribution in [0.2, 0.25) is 0 Å². The van der Waals surface area contributed by atoms with Crippen molar-refractivity contribution in [1.82, 2.24) is 9.78 Å². The summed E-state index contributed by atoms with van der Waals surface area (Å²) in [6.07, 6.45) is 1.48. The Kier molecular flexibility index (Phi) is 2.78. The fourth-order valence-electron chi connectivity index (χ4n) is 1.52. The van der Waals surface area contributed by atoms with Gasteiger partial charge >= 0.3 is 0 Å². The second-order valence-electron chi connectivity index (χ2n) is 3.40. The Morgan fingerprint density at radius 2 is 2.25 bits per heavy atom. The number of aromatic nitrogens is 2. The smallest absolute Gasteiger partial charge is 0.252 e. The normalized spacial score (nSPS) is 10.4. The van der Waals surface area contributed by atoms with Crippen molar-refractivity contribution in [3.05, 3.63) is 46.2 Å². The molecule has 2 N–H and O–H groups in total. The molecule has 2 rings (SSSR count). The second kappa shape index (κ2) is 4.09. The molecule has 0 fully saturated rings. The molecule has 0 atom stereocenters. The SMILES string of the molecule is Cc1c(C(N)=O)cnn1-c1cccc(Br)c1. The predicted molar refractivity (Wildman–Crippen MR) is 64.5 cm³/mol. The molecule has 0 radical (unpaired) electrons. The summed E-state index contributed by atoms with van der Waals surface area (Å²) in [6, 6.07) is 7.67. The maximum absolute atomic E-state index is 11.1. The third-order valence-electron chi connectivity index (χ3n) is 2.33. The largest absolute Gasteiger partial charge is 0.365 e. The number of carbonyl (C=O) groups is 1. The number of primary amides is 1. The molecule has 0 saturated heterocycles. The van der Waals surface area contributed by atoms with Crippen molar-refractivity contribution in [2.75, 3.05) is 0 Å². The molecule has 1 aromatic heterocycles. The van der Waals surface area contributed by atoms with Gasteiger partial charge in [-0.05, 0) is 25.1 Å². The van der Waals surface area contributed by atoms with Crippen LogP contribution in [0.4, 0.5) is 0 Å². The highest BCUT2D eigenvalue weighted by molar-refractivity contribution is 9.10. The van der Waals surface area contributed by atoms with Gasteiger partial charge in [0, 0.05) is 4.47 Å². The number of nitrogens with two attached hydrogens (primary N) is 1. The molecule has 16 heavy (non-hydrogen) atoms. The van der Waals surface area contributed by atoms with Gasteiger partial charge in [-0.25, -0.2) is 4.68 Å². The topological polar surface area (TPSA) is 60.9 Å².